The number of allylic oxidation sites excluding steroid dienone is 2. The normalized spacial score (nSPS) is 16.3. The van der Waals surface area contributed by atoms with Crippen LogP contribution in [0.2, 0.25) is 0 Å². The SMILES string of the molecule is CCC(O)CCc1c(C/C(NCC2CC2)=C(/C)O)ccc(OC)c1O. The Bertz CT molecular complexity index is 604. The molecule has 5 heteroatoms. The largest absolute Gasteiger partial charge is 0.511 e. The van der Waals surface area contributed by atoms with E-state index in [-0.39, 0.29) is 17.6 Å². The fraction of sp³-hybridized carbons (Fsp3) is 0.600. The molecule has 0 aromatic heterocycles. The van der Waals surface area contributed by atoms with Crippen molar-refractivity contribution in [3.05, 3.63) is 34.7 Å². The molecular weight excluding hydrogens is 318 g/mol. The van der Waals surface area contributed by atoms with Gasteiger partial charge in [-0.2, -0.15) is 0 Å². The molecule has 5 nitrogen and oxygen atoms in total. The Labute approximate surface area is 150 Å². The van der Waals surface area contributed by atoms with E-state index in [4.69, 9.17) is 4.74 Å². The van der Waals surface area contributed by atoms with E-state index in [1.165, 1.54) is 20.0 Å². The van der Waals surface area contributed by atoms with E-state index < -0.39 is 0 Å². The Hall–Kier alpha value is -1.88. The third-order valence-corrected chi connectivity index (χ3v) is 4.87. The van der Waals surface area contributed by atoms with Gasteiger partial charge in [0.2, 0.25) is 0 Å². The maximum atomic E-state index is 10.5. The summed E-state index contributed by atoms with van der Waals surface area (Å²) in [5, 5.41) is 33.8. The Balaban J connectivity index is 2.21. The number of hydrogen-bond acceptors (Lipinski definition) is 5. The van der Waals surface area contributed by atoms with Gasteiger partial charge in [-0.05, 0) is 56.6 Å². The summed E-state index contributed by atoms with van der Waals surface area (Å²) in [6.45, 7) is 4.49. The second-order valence-corrected chi connectivity index (χ2v) is 6.92. The first-order chi connectivity index (χ1) is 12.0. The summed E-state index contributed by atoms with van der Waals surface area (Å²) in [6.07, 6.45) is 4.45. The predicted molar refractivity (Wildman–Crippen MR) is 99.0 cm³/mol. The van der Waals surface area contributed by atoms with E-state index in [1.807, 2.05) is 13.0 Å². The van der Waals surface area contributed by atoms with Gasteiger partial charge in [0.1, 0.15) is 5.76 Å². The lowest BCUT2D eigenvalue weighted by Crippen LogP contribution is -2.20. The standard InChI is InChI=1S/C20H31NO4/c1-4-16(23)8-9-17-15(7-10-19(25-3)20(17)24)11-18(13(2)22)21-12-14-5-6-14/h7,10,14,16,21-24H,4-6,8-9,11-12H2,1-3H3/b18-13+. The van der Waals surface area contributed by atoms with E-state index in [0.717, 1.165) is 23.4 Å². The summed E-state index contributed by atoms with van der Waals surface area (Å²) in [5.74, 6) is 1.54. The Morgan fingerprint density at radius 3 is 2.64 bits per heavy atom. The lowest BCUT2D eigenvalue weighted by Gasteiger charge is -2.18. The third kappa shape index (κ3) is 5.56. The summed E-state index contributed by atoms with van der Waals surface area (Å²) < 4.78 is 5.22. The zero-order chi connectivity index (χ0) is 18.4. The van der Waals surface area contributed by atoms with Gasteiger partial charge >= 0.3 is 0 Å². The highest BCUT2D eigenvalue weighted by Gasteiger charge is 2.22. The van der Waals surface area contributed by atoms with Crippen LogP contribution in [-0.4, -0.2) is 35.1 Å². The molecule has 25 heavy (non-hydrogen) atoms. The third-order valence-electron chi connectivity index (χ3n) is 4.87. The summed E-state index contributed by atoms with van der Waals surface area (Å²) >= 11 is 0. The number of benzene rings is 1. The highest BCUT2D eigenvalue weighted by atomic mass is 16.5. The number of ether oxygens (including phenoxy) is 1. The van der Waals surface area contributed by atoms with Crippen LogP contribution in [0.1, 0.15) is 50.7 Å². The Morgan fingerprint density at radius 2 is 2.08 bits per heavy atom. The zero-order valence-electron chi connectivity index (χ0n) is 15.5. The maximum Gasteiger partial charge on any atom is 0.161 e. The summed E-state index contributed by atoms with van der Waals surface area (Å²) in [5.41, 5.74) is 2.50. The molecule has 0 heterocycles. The van der Waals surface area contributed by atoms with Crippen molar-refractivity contribution in [1.29, 1.82) is 0 Å². The number of rotatable bonds is 10. The minimum absolute atomic E-state index is 0.125. The molecule has 0 radical (unpaired) electrons. The highest BCUT2D eigenvalue weighted by Crippen LogP contribution is 2.35. The molecular formula is C20H31NO4. The molecule has 1 aromatic rings. The van der Waals surface area contributed by atoms with Crippen LogP contribution in [0, 0.1) is 5.92 Å². The number of phenolic OH excluding ortho intramolecular Hbond substituents is 1. The topological polar surface area (TPSA) is 82.0 Å². The molecule has 0 amide bonds. The second-order valence-electron chi connectivity index (χ2n) is 6.92. The first-order valence-corrected chi connectivity index (χ1v) is 9.14. The molecule has 140 valence electrons. The van der Waals surface area contributed by atoms with Gasteiger partial charge in [-0.25, -0.2) is 0 Å². The fourth-order valence-corrected chi connectivity index (χ4v) is 2.88. The quantitative estimate of drug-likeness (QED) is 0.487. The smallest absolute Gasteiger partial charge is 0.161 e. The van der Waals surface area contributed by atoms with E-state index in [2.05, 4.69) is 5.32 Å². The van der Waals surface area contributed by atoms with Crippen LogP contribution in [0.15, 0.2) is 23.6 Å². The molecule has 1 atom stereocenters. The van der Waals surface area contributed by atoms with Crippen LogP contribution >= 0.6 is 0 Å². The van der Waals surface area contributed by atoms with Gasteiger partial charge in [0.05, 0.1) is 18.9 Å². The minimum Gasteiger partial charge on any atom is -0.511 e. The second kappa shape index (κ2) is 8.99. The number of aromatic hydroxyl groups is 1. The lowest BCUT2D eigenvalue weighted by molar-refractivity contribution is 0.160. The van der Waals surface area contributed by atoms with Crippen molar-refractivity contribution < 1.29 is 20.1 Å². The van der Waals surface area contributed by atoms with Gasteiger partial charge in [-0.3, -0.25) is 0 Å². The number of nitrogens with one attached hydrogen (secondary N) is 1. The number of aliphatic hydroxyl groups excluding tert-OH is 2. The van der Waals surface area contributed by atoms with Crippen LogP contribution < -0.4 is 10.1 Å². The number of hydrogen-bond donors (Lipinski definition) is 4. The first kappa shape index (κ1) is 19.4. The van der Waals surface area contributed by atoms with Gasteiger partial charge in [0.25, 0.3) is 0 Å². The molecule has 1 unspecified atom stereocenters. The van der Waals surface area contributed by atoms with Crippen molar-refractivity contribution in [2.24, 2.45) is 5.92 Å². The van der Waals surface area contributed by atoms with Gasteiger partial charge in [0, 0.05) is 18.5 Å². The molecule has 1 aliphatic rings. The monoisotopic (exact) mass is 349 g/mol. The summed E-state index contributed by atoms with van der Waals surface area (Å²) in [7, 11) is 1.53. The van der Waals surface area contributed by atoms with E-state index >= 15 is 0 Å². The van der Waals surface area contributed by atoms with Crippen molar-refractivity contribution in [1.82, 2.24) is 5.32 Å². The molecule has 1 fully saturated rings. The average molecular weight is 349 g/mol. The maximum absolute atomic E-state index is 10.5. The van der Waals surface area contributed by atoms with Gasteiger partial charge in [-0.1, -0.05) is 13.0 Å². The minimum atomic E-state index is -0.388. The van der Waals surface area contributed by atoms with Crippen molar-refractivity contribution in [3.8, 4) is 11.5 Å². The number of phenols is 1. The van der Waals surface area contributed by atoms with Crippen LogP contribution in [0.5, 0.6) is 11.5 Å². The van der Waals surface area contributed by atoms with Crippen LogP contribution in [0.3, 0.4) is 0 Å². The molecule has 0 spiro atoms. The summed E-state index contributed by atoms with van der Waals surface area (Å²) in [4.78, 5) is 0. The molecule has 0 saturated heterocycles. The molecule has 1 aliphatic carbocycles. The van der Waals surface area contributed by atoms with E-state index in [0.29, 0.717) is 37.4 Å². The van der Waals surface area contributed by atoms with E-state index in [9.17, 15) is 15.3 Å². The molecule has 4 N–H and O–H groups in total. The number of aliphatic hydroxyl groups is 2. The number of methoxy groups -OCH3 is 1. The van der Waals surface area contributed by atoms with Gasteiger partial charge in [-0.15, -0.1) is 0 Å². The predicted octanol–water partition coefficient (Wildman–Crippen LogP) is 3.44. The van der Waals surface area contributed by atoms with Crippen LogP contribution in [0.4, 0.5) is 0 Å². The Morgan fingerprint density at radius 1 is 1.36 bits per heavy atom. The van der Waals surface area contributed by atoms with Gasteiger partial charge in [0.15, 0.2) is 11.5 Å². The zero-order valence-corrected chi connectivity index (χ0v) is 15.5. The van der Waals surface area contributed by atoms with Crippen LogP contribution in [0.25, 0.3) is 0 Å². The molecule has 1 saturated carbocycles. The summed E-state index contributed by atoms with van der Waals surface area (Å²) in [6, 6.07) is 3.67. The average Bonchev–Trinajstić information content (AvgIpc) is 3.41. The van der Waals surface area contributed by atoms with E-state index in [1.54, 1.807) is 13.0 Å². The lowest BCUT2D eigenvalue weighted by atomic mass is 9.95. The first-order valence-electron chi connectivity index (χ1n) is 9.14. The Kier molecular flexibility index (Phi) is 7.00. The van der Waals surface area contributed by atoms with Crippen molar-refractivity contribution >= 4 is 0 Å². The van der Waals surface area contributed by atoms with Crippen molar-refractivity contribution in [2.75, 3.05) is 13.7 Å². The molecule has 1 aromatic carbocycles. The van der Waals surface area contributed by atoms with Gasteiger partial charge < -0.3 is 25.4 Å². The molecule has 2 rings (SSSR count). The molecule has 0 bridgehead atoms. The van der Waals surface area contributed by atoms with Crippen molar-refractivity contribution in [2.45, 2.75) is 58.5 Å². The van der Waals surface area contributed by atoms with Crippen LogP contribution in [-0.2, 0) is 12.8 Å². The highest BCUT2D eigenvalue weighted by molar-refractivity contribution is 5.51. The van der Waals surface area contributed by atoms with Crippen molar-refractivity contribution in [3.63, 3.8) is 0 Å². The molecule has 0 aliphatic heterocycles. The fourth-order valence-electron chi connectivity index (χ4n) is 2.88.